The maximum absolute atomic E-state index is 5.94. The molecule has 18 heavy (non-hydrogen) atoms. The number of benzene rings is 1. The molecule has 0 spiro atoms. The quantitative estimate of drug-likeness (QED) is 0.833. The largest absolute Gasteiger partial charge is 0.305 e. The second kappa shape index (κ2) is 5.33. The Bertz CT molecular complexity index is 567. The number of aryl methyl sites for hydroxylation is 1. The fraction of sp³-hybridized carbons (Fsp3) is 0.286. The molecule has 1 nitrogen and oxygen atoms in total. The summed E-state index contributed by atoms with van der Waals surface area (Å²) in [5.74, 6) is 0. The van der Waals surface area contributed by atoms with Crippen molar-refractivity contribution in [2.75, 3.05) is 0 Å². The molecular formula is C14H13BrClNS. The number of rotatable bonds is 3. The van der Waals surface area contributed by atoms with Gasteiger partial charge in [0, 0.05) is 21.9 Å². The predicted molar refractivity (Wildman–Crippen MR) is 81.4 cm³/mol. The normalized spacial score (nSPS) is 18.0. The first-order chi connectivity index (χ1) is 8.72. The van der Waals surface area contributed by atoms with Crippen LogP contribution in [0.25, 0.3) is 0 Å². The van der Waals surface area contributed by atoms with E-state index in [1.165, 1.54) is 26.9 Å². The summed E-state index contributed by atoms with van der Waals surface area (Å²) in [6, 6.07) is 11.1. The average molecular weight is 343 g/mol. The van der Waals surface area contributed by atoms with Crippen molar-refractivity contribution in [3.63, 3.8) is 0 Å². The monoisotopic (exact) mass is 341 g/mol. The molecule has 4 heteroatoms. The molecule has 1 aliphatic carbocycles. The number of hydrogen-bond acceptors (Lipinski definition) is 2. The standard InChI is InChI=1S/C14H13BrClNS/c15-10-2-4-12-9(7-10)1-5-13(12)17-8-11-3-6-14(16)18-11/h2-4,6-7,13,17H,1,5,8H2. The van der Waals surface area contributed by atoms with Crippen molar-refractivity contribution in [2.24, 2.45) is 0 Å². The van der Waals surface area contributed by atoms with E-state index in [0.717, 1.165) is 17.3 Å². The number of thiophene rings is 1. The highest BCUT2D eigenvalue weighted by Crippen LogP contribution is 2.33. The van der Waals surface area contributed by atoms with E-state index in [1.54, 1.807) is 11.3 Å². The van der Waals surface area contributed by atoms with Gasteiger partial charge >= 0.3 is 0 Å². The Morgan fingerprint density at radius 3 is 3.00 bits per heavy atom. The lowest BCUT2D eigenvalue weighted by Gasteiger charge is -2.13. The lowest BCUT2D eigenvalue weighted by molar-refractivity contribution is 0.533. The van der Waals surface area contributed by atoms with Crippen molar-refractivity contribution in [3.8, 4) is 0 Å². The summed E-state index contributed by atoms with van der Waals surface area (Å²) >= 11 is 11.1. The smallest absolute Gasteiger partial charge is 0.0931 e. The van der Waals surface area contributed by atoms with Crippen molar-refractivity contribution >= 4 is 38.9 Å². The highest BCUT2D eigenvalue weighted by Gasteiger charge is 2.21. The van der Waals surface area contributed by atoms with Crippen LogP contribution in [0, 0.1) is 0 Å². The van der Waals surface area contributed by atoms with Gasteiger partial charge in [-0.15, -0.1) is 11.3 Å². The Morgan fingerprint density at radius 2 is 2.22 bits per heavy atom. The van der Waals surface area contributed by atoms with E-state index in [0.29, 0.717) is 6.04 Å². The first-order valence-corrected chi connectivity index (χ1v) is 7.97. The second-order valence-corrected chi connectivity index (χ2v) is 7.24. The van der Waals surface area contributed by atoms with Crippen LogP contribution in [0.2, 0.25) is 4.34 Å². The molecule has 0 saturated heterocycles. The lowest BCUT2D eigenvalue weighted by Crippen LogP contribution is -2.17. The van der Waals surface area contributed by atoms with Gasteiger partial charge < -0.3 is 5.32 Å². The van der Waals surface area contributed by atoms with Crippen LogP contribution >= 0.6 is 38.9 Å². The molecule has 0 saturated carbocycles. The van der Waals surface area contributed by atoms with Crippen LogP contribution < -0.4 is 5.32 Å². The third-order valence-electron chi connectivity index (χ3n) is 3.33. The second-order valence-electron chi connectivity index (χ2n) is 4.52. The minimum absolute atomic E-state index is 0.481. The van der Waals surface area contributed by atoms with Gasteiger partial charge in [-0.1, -0.05) is 33.6 Å². The Hall–Kier alpha value is -0.350. The molecule has 3 rings (SSSR count). The van der Waals surface area contributed by atoms with Crippen LogP contribution in [-0.4, -0.2) is 0 Å². The number of fused-ring (bicyclic) bond motifs is 1. The van der Waals surface area contributed by atoms with E-state index >= 15 is 0 Å². The van der Waals surface area contributed by atoms with Gasteiger partial charge in [0.05, 0.1) is 4.34 Å². The van der Waals surface area contributed by atoms with Gasteiger partial charge in [0.1, 0.15) is 0 Å². The Balaban J connectivity index is 1.69. The fourth-order valence-electron chi connectivity index (χ4n) is 2.47. The van der Waals surface area contributed by atoms with E-state index in [4.69, 9.17) is 11.6 Å². The zero-order chi connectivity index (χ0) is 12.5. The highest BCUT2D eigenvalue weighted by molar-refractivity contribution is 9.10. The van der Waals surface area contributed by atoms with Crippen LogP contribution in [0.5, 0.6) is 0 Å². The van der Waals surface area contributed by atoms with Crippen molar-refractivity contribution in [3.05, 3.63) is 55.1 Å². The zero-order valence-electron chi connectivity index (χ0n) is 9.75. The number of nitrogens with one attached hydrogen (secondary N) is 1. The van der Waals surface area contributed by atoms with Crippen molar-refractivity contribution < 1.29 is 0 Å². The summed E-state index contributed by atoms with van der Waals surface area (Å²) < 4.78 is 2.04. The van der Waals surface area contributed by atoms with Gasteiger partial charge in [-0.05, 0) is 48.2 Å². The molecule has 0 aliphatic heterocycles. The summed E-state index contributed by atoms with van der Waals surface area (Å²) in [5, 5.41) is 3.62. The number of halogens is 2. The van der Waals surface area contributed by atoms with Crippen LogP contribution in [0.15, 0.2) is 34.8 Å². The van der Waals surface area contributed by atoms with Gasteiger partial charge in [0.25, 0.3) is 0 Å². The average Bonchev–Trinajstić information content (AvgIpc) is 2.92. The Morgan fingerprint density at radius 1 is 1.33 bits per heavy atom. The highest BCUT2D eigenvalue weighted by atomic mass is 79.9. The SMILES string of the molecule is Clc1ccc(CNC2CCc3cc(Br)ccc32)s1. The first kappa shape index (κ1) is 12.7. The molecule has 1 N–H and O–H groups in total. The molecule has 1 aromatic carbocycles. The van der Waals surface area contributed by atoms with Crippen molar-refractivity contribution in [2.45, 2.75) is 25.4 Å². The maximum atomic E-state index is 5.94. The van der Waals surface area contributed by atoms with Gasteiger partial charge in [-0.2, -0.15) is 0 Å². The zero-order valence-corrected chi connectivity index (χ0v) is 12.9. The fourth-order valence-corrected chi connectivity index (χ4v) is 3.92. The lowest BCUT2D eigenvalue weighted by atomic mass is 10.1. The summed E-state index contributed by atoms with van der Waals surface area (Å²) in [6.07, 6.45) is 2.35. The molecule has 0 amide bonds. The molecule has 1 aliphatic rings. The third-order valence-corrected chi connectivity index (χ3v) is 5.06. The molecule has 1 heterocycles. The van der Waals surface area contributed by atoms with Crippen LogP contribution in [0.4, 0.5) is 0 Å². The minimum atomic E-state index is 0.481. The Kier molecular flexibility index (Phi) is 3.76. The third kappa shape index (κ3) is 2.64. The van der Waals surface area contributed by atoms with Crippen LogP contribution in [0.1, 0.15) is 28.5 Å². The molecule has 2 aromatic rings. The molecule has 94 valence electrons. The van der Waals surface area contributed by atoms with E-state index < -0.39 is 0 Å². The summed E-state index contributed by atoms with van der Waals surface area (Å²) in [5.41, 5.74) is 2.91. The molecule has 1 atom stereocenters. The molecule has 1 unspecified atom stereocenters. The summed E-state index contributed by atoms with van der Waals surface area (Å²) in [7, 11) is 0. The molecule has 0 radical (unpaired) electrons. The summed E-state index contributed by atoms with van der Waals surface area (Å²) in [4.78, 5) is 1.30. The van der Waals surface area contributed by atoms with E-state index in [1.807, 2.05) is 6.07 Å². The van der Waals surface area contributed by atoms with Crippen molar-refractivity contribution in [1.29, 1.82) is 0 Å². The van der Waals surface area contributed by atoms with Crippen LogP contribution in [0.3, 0.4) is 0 Å². The minimum Gasteiger partial charge on any atom is -0.305 e. The molecule has 1 aromatic heterocycles. The topological polar surface area (TPSA) is 12.0 Å². The maximum Gasteiger partial charge on any atom is 0.0931 e. The molecule has 0 fully saturated rings. The molecular weight excluding hydrogens is 330 g/mol. The molecule has 0 bridgehead atoms. The van der Waals surface area contributed by atoms with E-state index in [2.05, 4.69) is 45.5 Å². The van der Waals surface area contributed by atoms with Gasteiger partial charge in [0.15, 0.2) is 0 Å². The predicted octanol–water partition coefficient (Wildman–Crippen LogP) is 4.94. The van der Waals surface area contributed by atoms with Gasteiger partial charge in [-0.3, -0.25) is 0 Å². The number of hydrogen-bond donors (Lipinski definition) is 1. The van der Waals surface area contributed by atoms with Gasteiger partial charge in [-0.25, -0.2) is 0 Å². The van der Waals surface area contributed by atoms with E-state index in [-0.39, 0.29) is 0 Å². The summed E-state index contributed by atoms with van der Waals surface area (Å²) in [6.45, 7) is 0.900. The van der Waals surface area contributed by atoms with Crippen LogP contribution in [-0.2, 0) is 13.0 Å². The van der Waals surface area contributed by atoms with Gasteiger partial charge in [0.2, 0.25) is 0 Å². The van der Waals surface area contributed by atoms with E-state index in [9.17, 15) is 0 Å². The Labute approximate surface area is 124 Å². The first-order valence-electron chi connectivity index (χ1n) is 5.98. The van der Waals surface area contributed by atoms with Crippen molar-refractivity contribution in [1.82, 2.24) is 5.32 Å².